The molecule has 0 bridgehead atoms. The predicted molar refractivity (Wildman–Crippen MR) is 52.5 cm³/mol. The lowest BCUT2D eigenvalue weighted by atomic mass is 10.7. The molecule has 0 radical (unpaired) electrons. The Bertz CT molecular complexity index is 368. The van der Waals surface area contributed by atoms with Crippen LogP contribution in [0, 0.1) is 0 Å². The Labute approximate surface area is 82.8 Å². The lowest BCUT2D eigenvalue weighted by Crippen LogP contribution is -1.82. The number of hydrogen-bond donors (Lipinski definition) is 2. The molecule has 0 aromatic carbocycles. The van der Waals surface area contributed by atoms with Crippen LogP contribution < -0.4 is 5.73 Å². The van der Waals surface area contributed by atoms with Crippen molar-refractivity contribution in [1.29, 1.82) is 0 Å². The average molecular weight is 213 g/mol. The van der Waals surface area contributed by atoms with Gasteiger partial charge in [-0.25, -0.2) is 4.98 Å². The average Bonchev–Trinajstić information content (AvgIpc) is 2.71. The molecule has 2 rings (SSSR count). The first-order valence-electron chi connectivity index (χ1n) is 3.54. The fourth-order valence-corrected chi connectivity index (χ4v) is 2.31. The minimum atomic E-state index is 0.502. The maximum absolute atomic E-state index is 5.44. The van der Waals surface area contributed by atoms with Crippen molar-refractivity contribution in [2.24, 2.45) is 0 Å². The van der Waals surface area contributed by atoms with Gasteiger partial charge in [-0.15, -0.1) is 10.2 Å². The Morgan fingerprint density at radius 2 is 2.46 bits per heavy atom. The second-order valence-electron chi connectivity index (χ2n) is 2.23. The van der Waals surface area contributed by atoms with E-state index in [-0.39, 0.29) is 0 Å². The van der Waals surface area contributed by atoms with Gasteiger partial charge in [-0.05, 0) is 0 Å². The van der Waals surface area contributed by atoms with Crippen LogP contribution >= 0.6 is 23.1 Å². The predicted octanol–water partition coefficient (Wildman–Crippen LogP) is 1.14. The summed E-state index contributed by atoms with van der Waals surface area (Å²) in [7, 11) is 0. The van der Waals surface area contributed by atoms with E-state index in [9.17, 15) is 0 Å². The Morgan fingerprint density at radius 1 is 1.54 bits per heavy atom. The fraction of sp³-hybridized carbons (Fsp3) is 0.167. The molecule has 0 amide bonds. The van der Waals surface area contributed by atoms with Gasteiger partial charge in [-0.2, -0.15) is 0 Å². The lowest BCUT2D eigenvalue weighted by Gasteiger charge is -1.90. The summed E-state index contributed by atoms with van der Waals surface area (Å²) in [5.74, 6) is 1.69. The molecule has 0 aliphatic rings. The summed E-state index contributed by atoms with van der Waals surface area (Å²) >= 11 is 2.96. The van der Waals surface area contributed by atoms with Gasteiger partial charge in [0, 0.05) is 12.4 Å². The molecule has 5 nitrogen and oxygen atoms in total. The first kappa shape index (κ1) is 8.52. The zero-order valence-electron chi connectivity index (χ0n) is 6.60. The van der Waals surface area contributed by atoms with E-state index in [0.29, 0.717) is 5.13 Å². The molecule has 0 aliphatic carbocycles. The molecule has 2 aromatic rings. The van der Waals surface area contributed by atoms with Crippen molar-refractivity contribution in [2.75, 3.05) is 5.73 Å². The summed E-state index contributed by atoms with van der Waals surface area (Å²) in [6.07, 6.45) is 3.52. The number of anilines is 1. The molecule has 2 heterocycles. The highest BCUT2D eigenvalue weighted by atomic mass is 32.2. The third kappa shape index (κ3) is 2.19. The van der Waals surface area contributed by atoms with E-state index >= 15 is 0 Å². The summed E-state index contributed by atoms with van der Waals surface area (Å²) in [6.45, 7) is 0. The van der Waals surface area contributed by atoms with Crippen LogP contribution in [0.15, 0.2) is 16.7 Å². The van der Waals surface area contributed by atoms with Crippen LogP contribution in [0.1, 0.15) is 5.82 Å². The molecule has 7 heteroatoms. The van der Waals surface area contributed by atoms with Crippen LogP contribution in [-0.2, 0) is 5.75 Å². The standard InChI is InChI=1S/C6H7N5S2/c7-5-10-11-6(13-5)12-3-4-8-1-2-9-4/h1-2H,3H2,(H2,7,10)(H,8,9). The number of imidazole rings is 1. The molecule has 0 saturated carbocycles. The summed E-state index contributed by atoms with van der Waals surface area (Å²) in [5.41, 5.74) is 5.44. The van der Waals surface area contributed by atoms with Gasteiger partial charge in [0.25, 0.3) is 0 Å². The van der Waals surface area contributed by atoms with E-state index in [2.05, 4.69) is 20.2 Å². The van der Waals surface area contributed by atoms with Gasteiger partial charge < -0.3 is 10.7 Å². The zero-order valence-corrected chi connectivity index (χ0v) is 8.23. The van der Waals surface area contributed by atoms with Gasteiger partial charge in [0.05, 0.1) is 5.75 Å². The number of thioether (sulfide) groups is 1. The number of nitrogen functional groups attached to an aromatic ring is 1. The van der Waals surface area contributed by atoms with Gasteiger partial charge in [-0.1, -0.05) is 23.1 Å². The van der Waals surface area contributed by atoms with Gasteiger partial charge in [0.2, 0.25) is 5.13 Å². The molecular formula is C6H7N5S2. The molecule has 0 spiro atoms. The lowest BCUT2D eigenvalue weighted by molar-refractivity contribution is 1.01. The van der Waals surface area contributed by atoms with Crippen LogP contribution in [0.4, 0.5) is 5.13 Å². The van der Waals surface area contributed by atoms with Gasteiger partial charge >= 0.3 is 0 Å². The van der Waals surface area contributed by atoms with E-state index in [1.54, 1.807) is 24.2 Å². The highest BCUT2D eigenvalue weighted by molar-refractivity contribution is 8.00. The van der Waals surface area contributed by atoms with Gasteiger partial charge in [0.1, 0.15) is 5.82 Å². The van der Waals surface area contributed by atoms with Crippen LogP contribution in [0.2, 0.25) is 0 Å². The Kier molecular flexibility index (Phi) is 2.46. The minimum Gasteiger partial charge on any atom is -0.374 e. The molecule has 0 atom stereocenters. The smallest absolute Gasteiger partial charge is 0.203 e. The number of nitrogens with one attached hydrogen (secondary N) is 1. The van der Waals surface area contributed by atoms with Crippen LogP contribution in [-0.4, -0.2) is 20.2 Å². The molecule has 13 heavy (non-hydrogen) atoms. The molecular weight excluding hydrogens is 206 g/mol. The molecule has 68 valence electrons. The number of aromatic nitrogens is 4. The number of nitrogens with zero attached hydrogens (tertiary/aromatic N) is 3. The summed E-state index contributed by atoms with van der Waals surface area (Å²) in [5, 5.41) is 8.09. The molecule has 0 saturated heterocycles. The molecule has 0 aliphatic heterocycles. The first-order valence-corrected chi connectivity index (χ1v) is 5.35. The molecule has 0 unspecified atom stereocenters. The Balaban J connectivity index is 1.93. The SMILES string of the molecule is Nc1nnc(SCc2ncc[nH]2)s1. The largest absolute Gasteiger partial charge is 0.374 e. The third-order valence-corrected chi connectivity index (χ3v) is 3.21. The highest BCUT2D eigenvalue weighted by Crippen LogP contribution is 2.25. The van der Waals surface area contributed by atoms with Gasteiger partial charge in [-0.3, -0.25) is 0 Å². The van der Waals surface area contributed by atoms with Crippen LogP contribution in [0.3, 0.4) is 0 Å². The zero-order chi connectivity index (χ0) is 9.10. The second-order valence-corrected chi connectivity index (χ2v) is 4.46. The minimum absolute atomic E-state index is 0.502. The normalized spacial score (nSPS) is 10.5. The van der Waals surface area contributed by atoms with Crippen molar-refractivity contribution in [2.45, 2.75) is 10.1 Å². The van der Waals surface area contributed by atoms with Crippen molar-refractivity contribution < 1.29 is 0 Å². The fourth-order valence-electron chi connectivity index (χ4n) is 0.786. The second kappa shape index (κ2) is 3.75. The number of rotatable bonds is 3. The molecule has 0 fully saturated rings. The van der Waals surface area contributed by atoms with Crippen LogP contribution in [0.5, 0.6) is 0 Å². The van der Waals surface area contributed by atoms with Crippen molar-refractivity contribution in [1.82, 2.24) is 20.2 Å². The summed E-state index contributed by atoms with van der Waals surface area (Å²) in [6, 6.07) is 0. The quantitative estimate of drug-likeness (QED) is 0.747. The Morgan fingerprint density at radius 3 is 3.08 bits per heavy atom. The van der Waals surface area contributed by atoms with Crippen molar-refractivity contribution in [3.63, 3.8) is 0 Å². The van der Waals surface area contributed by atoms with E-state index < -0.39 is 0 Å². The van der Waals surface area contributed by atoms with Crippen LogP contribution in [0.25, 0.3) is 0 Å². The number of nitrogens with two attached hydrogens (primary N) is 1. The monoisotopic (exact) mass is 213 g/mol. The molecule has 3 N–H and O–H groups in total. The summed E-state index contributed by atoms with van der Waals surface area (Å²) < 4.78 is 0.869. The maximum atomic E-state index is 5.44. The Hall–Kier alpha value is -1.08. The van der Waals surface area contributed by atoms with E-state index in [4.69, 9.17) is 5.73 Å². The van der Waals surface area contributed by atoms with Crippen molar-refractivity contribution in [3.05, 3.63) is 18.2 Å². The van der Waals surface area contributed by atoms with Gasteiger partial charge in [0.15, 0.2) is 4.34 Å². The van der Waals surface area contributed by atoms with Crippen molar-refractivity contribution in [3.8, 4) is 0 Å². The number of hydrogen-bond acceptors (Lipinski definition) is 6. The third-order valence-electron chi connectivity index (χ3n) is 1.31. The topological polar surface area (TPSA) is 80.5 Å². The molecule has 2 aromatic heterocycles. The number of aromatic amines is 1. The highest BCUT2D eigenvalue weighted by Gasteiger charge is 2.02. The maximum Gasteiger partial charge on any atom is 0.203 e. The van der Waals surface area contributed by atoms with E-state index in [1.165, 1.54) is 11.3 Å². The van der Waals surface area contributed by atoms with E-state index in [1.807, 2.05) is 0 Å². The van der Waals surface area contributed by atoms with E-state index in [0.717, 1.165) is 15.9 Å². The number of H-pyrrole nitrogens is 1. The van der Waals surface area contributed by atoms with Crippen molar-refractivity contribution >= 4 is 28.2 Å². The first-order chi connectivity index (χ1) is 6.34. The summed E-state index contributed by atoms with van der Waals surface area (Å²) in [4.78, 5) is 7.09.